The highest BCUT2D eigenvalue weighted by atomic mass is 16.5. The largest absolute Gasteiger partial charge is 0.494 e. The van der Waals surface area contributed by atoms with Crippen LogP contribution in [0.5, 0.6) is 5.75 Å². The highest BCUT2D eigenvalue weighted by molar-refractivity contribution is 5.86. The molecular weight excluding hydrogens is 442 g/mol. The van der Waals surface area contributed by atoms with E-state index in [-0.39, 0.29) is 31.5 Å². The number of ether oxygens (including phenoxy) is 2. The van der Waals surface area contributed by atoms with Crippen molar-refractivity contribution in [1.82, 2.24) is 15.0 Å². The second-order valence-electron chi connectivity index (χ2n) is 8.64. The topological polar surface area (TPSA) is 86.5 Å². The van der Waals surface area contributed by atoms with Crippen LogP contribution in [-0.4, -0.2) is 33.2 Å². The van der Waals surface area contributed by atoms with Crippen molar-refractivity contribution >= 4 is 17.0 Å². The molecule has 7 heteroatoms. The minimum atomic E-state index is -0.311. The van der Waals surface area contributed by atoms with Crippen molar-refractivity contribution in [2.45, 2.75) is 52.9 Å². The Balaban J connectivity index is 1.76. The maximum absolute atomic E-state index is 13.0. The summed E-state index contributed by atoms with van der Waals surface area (Å²) in [7, 11) is 1.62. The van der Waals surface area contributed by atoms with Crippen molar-refractivity contribution in [3.63, 3.8) is 0 Å². The van der Waals surface area contributed by atoms with Gasteiger partial charge in [0.2, 0.25) is 0 Å². The molecule has 4 rings (SSSR count). The average molecular weight is 474 g/mol. The van der Waals surface area contributed by atoms with E-state index in [1.54, 1.807) is 7.11 Å². The van der Waals surface area contributed by atoms with Crippen molar-refractivity contribution in [3.8, 4) is 5.75 Å². The van der Waals surface area contributed by atoms with E-state index in [9.17, 15) is 9.90 Å². The number of aryl methyl sites for hydroxylation is 3. The molecule has 0 aliphatic carbocycles. The Morgan fingerprint density at radius 2 is 1.89 bits per heavy atom. The molecule has 0 aliphatic rings. The number of aromatic nitrogens is 3. The van der Waals surface area contributed by atoms with Gasteiger partial charge in [0.1, 0.15) is 23.4 Å². The van der Waals surface area contributed by atoms with Gasteiger partial charge in [-0.3, -0.25) is 4.79 Å². The first kappa shape index (κ1) is 24.4. The lowest BCUT2D eigenvalue weighted by Gasteiger charge is -2.22. The van der Waals surface area contributed by atoms with Gasteiger partial charge in [0.25, 0.3) is 0 Å². The number of fused-ring (bicyclic) bond motifs is 1. The average Bonchev–Trinajstić information content (AvgIpc) is 3.33. The third-order valence-corrected chi connectivity index (χ3v) is 6.50. The summed E-state index contributed by atoms with van der Waals surface area (Å²) in [6, 6.07) is 17.5. The lowest BCUT2D eigenvalue weighted by atomic mass is 9.84. The molecular formula is C28H31N3O4. The number of hydrogen-bond donors (Lipinski definition) is 1. The van der Waals surface area contributed by atoms with E-state index in [2.05, 4.69) is 10.3 Å². The number of rotatable bonds is 9. The number of aliphatic hydroxyl groups is 1. The predicted octanol–water partition coefficient (Wildman–Crippen LogP) is 4.83. The second kappa shape index (κ2) is 10.7. The maximum atomic E-state index is 13.0. The zero-order valence-electron chi connectivity index (χ0n) is 20.6. The number of nitrogens with zero attached hydrogens (tertiary/aromatic N) is 3. The molecule has 182 valence electrons. The fraction of sp³-hybridized carbons (Fsp3) is 0.321. The quantitative estimate of drug-likeness (QED) is 0.350. The summed E-state index contributed by atoms with van der Waals surface area (Å²) in [5.41, 5.74) is 7.12. The second-order valence-corrected chi connectivity index (χ2v) is 8.64. The minimum Gasteiger partial charge on any atom is -0.494 e. The monoisotopic (exact) mass is 473 g/mol. The van der Waals surface area contributed by atoms with Gasteiger partial charge in [0.15, 0.2) is 0 Å². The summed E-state index contributed by atoms with van der Waals surface area (Å²) < 4.78 is 13.2. The summed E-state index contributed by atoms with van der Waals surface area (Å²) in [4.78, 5) is 13.0. The summed E-state index contributed by atoms with van der Waals surface area (Å²) in [6.07, 6.45) is 0.137. The number of aliphatic hydroxyl groups excluding tert-OH is 1. The normalized spacial score (nSPS) is 12.0. The molecule has 7 nitrogen and oxygen atoms in total. The maximum Gasteiger partial charge on any atom is 0.307 e. The van der Waals surface area contributed by atoms with Crippen LogP contribution in [0.15, 0.2) is 54.6 Å². The fourth-order valence-electron chi connectivity index (χ4n) is 4.45. The van der Waals surface area contributed by atoms with E-state index in [1.807, 2.05) is 80.1 Å². The van der Waals surface area contributed by atoms with Crippen LogP contribution >= 0.6 is 0 Å². The van der Waals surface area contributed by atoms with E-state index >= 15 is 0 Å². The molecule has 0 spiro atoms. The number of carbonyl (C=O) groups is 1. The van der Waals surface area contributed by atoms with Gasteiger partial charge >= 0.3 is 5.97 Å². The van der Waals surface area contributed by atoms with Crippen molar-refractivity contribution in [1.29, 1.82) is 0 Å². The van der Waals surface area contributed by atoms with Gasteiger partial charge in [-0.25, -0.2) is 4.68 Å². The lowest BCUT2D eigenvalue weighted by Crippen LogP contribution is -2.14. The van der Waals surface area contributed by atoms with E-state index in [0.29, 0.717) is 12.3 Å². The van der Waals surface area contributed by atoms with E-state index < -0.39 is 0 Å². The van der Waals surface area contributed by atoms with Gasteiger partial charge in [-0.05, 0) is 60.2 Å². The van der Waals surface area contributed by atoms with Gasteiger partial charge < -0.3 is 14.6 Å². The summed E-state index contributed by atoms with van der Waals surface area (Å²) in [5, 5.41) is 18.6. The molecule has 35 heavy (non-hydrogen) atoms. The molecule has 4 aromatic rings. The summed E-state index contributed by atoms with van der Waals surface area (Å²) in [5.74, 6) is 0.0412. The summed E-state index contributed by atoms with van der Waals surface area (Å²) >= 11 is 0. The summed E-state index contributed by atoms with van der Waals surface area (Å²) in [6.45, 7) is 6.77. The first-order valence-electron chi connectivity index (χ1n) is 11.8. The molecule has 0 bridgehead atoms. The van der Waals surface area contributed by atoms with Crippen molar-refractivity contribution in [2.24, 2.45) is 0 Å². The van der Waals surface area contributed by atoms with Crippen LogP contribution in [0.3, 0.4) is 0 Å². The first-order valence-corrected chi connectivity index (χ1v) is 11.8. The van der Waals surface area contributed by atoms with Gasteiger partial charge in [-0.15, -0.1) is 5.10 Å². The van der Waals surface area contributed by atoms with Gasteiger partial charge in [-0.1, -0.05) is 53.7 Å². The van der Waals surface area contributed by atoms with Crippen molar-refractivity contribution < 1.29 is 19.4 Å². The molecule has 1 atom stereocenters. The Morgan fingerprint density at radius 3 is 2.57 bits per heavy atom. The highest BCUT2D eigenvalue weighted by Gasteiger charge is 2.26. The molecule has 0 saturated heterocycles. The molecule has 0 saturated carbocycles. The third kappa shape index (κ3) is 5.05. The van der Waals surface area contributed by atoms with Crippen LogP contribution in [0.25, 0.3) is 11.0 Å². The zero-order chi connectivity index (χ0) is 24.9. The van der Waals surface area contributed by atoms with Crippen LogP contribution in [-0.2, 0) is 29.3 Å². The van der Waals surface area contributed by atoms with Crippen LogP contribution in [0.1, 0.15) is 52.6 Å². The van der Waals surface area contributed by atoms with Crippen LogP contribution in [0.2, 0.25) is 0 Å². The van der Waals surface area contributed by atoms with Gasteiger partial charge in [0, 0.05) is 12.5 Å². The van der Waals surface area contributed by atoms with Crippen molar-refractivity contribution in [3.05, 3.63) is 88.0 Å². The highest BCUT2D eigenvalue weighted by Crippen LogP contribution is 2.38. The van der Waals surface area contributed by atoms with Crippen molar-refractivity contribution in [2.75, 3.05) is 7.11 Å². The fourth-order valence-corrected chi connectivity index (χ4v) is 4.45. The molecule has 1 N–H and O–H groups in total. The zero-order valence-corrected chi connectivity index (χ0v) is 20.6. The van der Waals surface area contributed by atoms with Crippen LogP contribution in [0.4, 0.5) is 0 Å². The van der Waals surface area contributed by atoms with E-state index in [1.165, 1.54) is 0 Å². The molecule has 0 amide bonds. The Morgan fingerprint density at radius 1 is 1.11 bits per heavy atom. The molecule has 1 aromatic heterocycles. The van der Waals surface area contributed by atoms with E-state index in [4.69, 9.17) is 9.47 Å². The Labute approximate surface area is 205 Å². The Kier molecular flexibility index (Phi) is 7.46. The van der Waals surface area contributed by atoms with Crippen LogP contribution in [0, 0.1) is 13.8 Å². The minimum absolute atomic E-state index is 0.0724. The van der Waals surface area contributed by atoms with E-state index in [0.717, 1.165) is 44.4 Å². The number of benzene rings is 3. The molecule has 1 heterocycles. The lowest BCUT2D eigenvalue weighted by molar-refractivity contribution is -0.145. The van der Waals surface area contributed by atoms with Crippen LogP contribution < -0.4 is 4.74 Å². The number of hydrogen-bond acceptors (Lipinski definition) is 6. The molecule has 0 radical (unpaired) electrons. The molecule has 0 fully saturated rings. The third-order valence-electron chi connectivity index (χ3n) is 6.50. The number of carbonyl (C=O) groups excluding carboxylic acids is 1. The Bertz CT molecular complexity index is 1330. The predicted molar refractivity (Wildman–Crippen MR) is 134 cm³/mol. The molecule has 3 aromatic carbocycles. The standard InChI is InChI=1S/C28H31N3O4/c1-5-31-28-25(34-4)14-23(19(3)27(28)29-30-31)24(21-12-11-18(2)22(13-21)16-32)15-26(33)35-17-20-9-7-6-8-10-20/h6-14,24,32H,5,15-17H2,1-4H3/t24-/m1/s1. The number of esters is 1. The van der Waals surface area contributed by atoms with Gasteiger partial charge in [-0.2, -0.15) is 0 Å². The first-order chi connectivity index (χ1) is 17.0. The SMILES string of the molecule is CCn1nnc2c(C)c([C@H](CC(=O)OCc3ccccc3)c3ccc(C)c(CO)c3)cc(OC)c21. The molecule has 0 aliphatic heterocycles. The number of methoxy groups -OCH3 is 1. The molecule has 0 unspecified atom stereocenters. The Hall–Kier alpha value is -3.71. The van der Waals surface area contributed by atoms with Gasteiger partial charge in [0.05, 0.1) is 20.1 Å². The smallest absolute Gasteiger partial charge is 0.307 e.